The molecular formula is C20H19N3O3S. The fourth-order valence-corrected chi connectivity index (χ4v) is 3.86. The number of fused-ring (bicyclic) bond motifs is 1. The Kier molecular flexibility index (Phi) is 5.02. The smallest absolute Gasteiger partial charge is 0.263 e. The molecule has 0 radical (unpaired) electrons. The zero-order valence-corrected chi connectivity index (χ0v) is 15.7. The Morgan fingerprint density at radius 1 is 1.11 bits per heavy atom. The number of pyridine rings is 1. The van der Waals surface area contributed by atoms with E-state index < -0.39 is 0 Å². The lowest BCUT2D eigenvalue weighted by Crippen LogP contribution is -2.22. The van der Waals surface area contributed by atoms with Crippen LogP contribution in [0.15, 0.2) is 42.7 Å². The molecule has 1 aromatic carbocycles. The lowest BCUT2D eigenvalue weighted by Gasteiger charge is -2.05. The molecule has 1 aliphatic heterocycles. The summed E-state index contributed by atoms with van der Waals surface area (Å²) < 4.78 is 10.7. The van der Waals surface area contributed by atoms with Crippen molar-refractivity contribution < 1.29 is 14.3 Å². The van der Waals surface area contributed by atoms with Gasteiger partial charge in [-0.3, -0.25) is 9.78 Å². The van der Waals surface area contributed by atoms with Crippen LogP contribution in [0, 0.1) is 6.92 Å². The minimum atomic E-state index is -0.0992. The van der Waals surface area contributed by atoms with Gasteiger partial charge in [0.25, 0.3) is 5.91 Å². The molecule has 1 amide bonds. The van der Waals surface area contributed by atoms with Gasteiger partial charge in [-0.25, -0.2) is 4.98 Å². The number of rotatable bonds is 6. The molecule has 0 saturated heterocycles. The Balaban J connectivity index is 1.36. The van der Waals surface area contributed by atoms with Crippen LogP contribution in [-0.4, -0.2) is 22.7 Å². The highest BCUT2D eigenvalue weighted by atomic mass is 32.1. The third-order valence-corrected chi connectivity index (χ3v) is 5.53. The van der Waals surface area contributed by atoms with Gasteiger partial charge in [0.1, 0.15) is 4.88 Å². The van der Waals surface area contributed by atoms with Gasteiger partial charge in [0.2, 0.25) is 6.79 Å². The zero-order chi connectivity index (χ0) is 18.6. The van der Waals surface area contributed by atoms with Crippen molar-refractivity contribution in [3.8, 4) is 11.5 Å². The fourth-order valence-electron chi connectivity index (χ4n) is 2.88. The normalized spacial score (nSPS) is 12.2. The molecule has 0 fully saturated rings. The number of carbonyl (C=O) groups is 1. The highest BCUT2D eigenvalue weighted by Crippen LogP contribution is 2.32. The summed E-state index contributed by atoms with van der Waals surface area (Å²) in [5.74, 6) is 1.36. The molecule has 0 aliphatic carbocycles. The molecule has 0 atom stereocenters. The molecule has 0 spiro atoms. The molecule has 0 saturated carbocycles. The van der Waals surface area contributed by atoms with E-state index in [1.807, 2.05) is 37.3 Å². The third kappa shape index (κ3) is 4.09. The number of aromatic nitrogens is 2. The summed E-state index contributed by atoms with van der Waals surface area (Å²) in [6, 6.07) is 9.67. The molecule has 0 unspecified atom stereocenters. The second kappa shape index (κ2) is 7.75. The van der Waals surface area contributed by atoms with Crippen LogP contribution >= 0.6 is 11.3 Å². The number of hydrogen-bond acceptors (Lipinski definition) is 6. The van der Waals surface area contributed by atoms with E-state index in [0.29, 0.717) is 17.2 Å². The van der Waals surface area contributed by atoms with Crippen LogP contribution in [0.2, 0.25) is 0 Å². The van der Waals surface area contributed by atoms with Crippen molar-refractivity contribution in [3.63, 3.8) is 0 Å². The van der Waals surface area contributed by atoms with Gasteiger partial charge in [0.15, 0.2) is 11.5 Å². The SMILES string of the molecule is Cc1nc(CCc2ccncc2)sc1C(=O)NCc1ccc2c(c1)OCO2. The summed E-state index contributed by atoms with van der Waals surface area (Å²) in [7, 11) is 0. The standard InChI is InChI=1S/C20H19N3O3S/c1-13-19(27-18(23-13)5-3-14-6-8-21-9-7-14)20(24)22-11-15-2-4-16-17(10-15)26-12-25-16/h2,4,6-10H,3,5,11-12H2,1H3,(H,22,24). The molecule has 138 valence electrons. The van der Waals surface area contributed by atoms with Crippen LogP contribution in [0.1, 0.15) is 31.5 Å². The predicted octanol–water partition coefficient (Wildman–Crippen LogP) is 3.29. The van der Waals surface area contributed by atoms with Crippen LogP contribution in [0.4, 0.5) is 0 Å². The lowest BCUT2D eigenvalue weighted by molar-refractivity contribution is 0.0954. The van der Waals surface area contributed by atoms with Crippen molar-refractivity contribution in [1.29, 1.82) is 0 Å². The van der Waals surface area contributed by atoms with Gasteiger partial charge in [-0.15, -0.1) is 11.3 Å². The monoisotopic (exact) mass is 381 g/mol. The Morgan fingerprint density at radius 2 is 1.93 bits per heavy atom. The van der Waals surface area contributed by atoms with Gasteiger partial charge in [0, 0.05) is 25.4 Å². The molecule has 0 bridgehead atoms. The van der Waals surface area contributed by atoms with E-state index in [9.17, 15) is 4.79 Å². The second-order valence-corrected chi connectivity index (χ2v) is 7.33. The average molecular weight is 381 g/mol. The Bertz CT molecular complexity index is 956. The minimum Gasteiger partial charge on any atom is -0.454 e. The molecule has 27 heavy (non-hydrogen) atoms. The average Bonchev–Trinajstić information content (AvgIpc) is 3.31. The molecule has 3 aromatic rings. The fraction of sp³-hybridized carbons (Fsp3) is 0.250. The van der Waals surface area contributed by atoms with Gasteiger partial charge >= 0.3 is 0 Å². The lowest BCUT2D eigenvalue weighted by atomic mass is 10.1. The molecular weight excluding hydrogens is 362 g/mol. The molecule has 3 heterocycles. The number of ether oxygens (including phenoxy) is 2. The highest BCUT2D eigenvalue weighted by Gasteiger charge is 2.17. The maximum atomic E-state index is 12.6. The first-order valence-electron chi connectivity index (χ1n) is 8.71. The first kappa shape index (κ1) is 17.5. The van der Waals surface area contributed by atoms with Crippen molar-refractivity contribution in [3.05, 3.63) is 69.4 Å². The Hall–Kier alpha value is -2.93. The van der Waals surface area contributed by atoms with Gasteiger partial charge in [0.05, 0.1) is 10.7 Å². The largest absolute Gasteiger partial charge is 0.454 e. The first-order chi connectivity index (χ1) is 13.2. The van der Waals surface area contributed by atoms with Crippen LogP contribution in [0.5, 0.6) is 11.5 Å². The third-order valence-electron chi connectivity index (χ3n) is 4.31. The maximum absolute atomic E-state index is 12.6. The summed E-state index contributed by atoms with van der Waals surface area (Å²) in [6.07, 6.45) is 5.27. The van der Waals surface area contributed by atoms with Crippen molar-refractivity contribution in [2.24, 2.45) is 0 Å². The number of carbonyl (C=O) groups excluding carboxylic acids is 1. The Labute approximate surface area is 161 Å². The molecule has 6 nitrogen and oxygen atoms in total. The Morgan fingerprint density at radius 3 is 2.78 bits per heavy atom. The summed E-state index contributed by atoms with van der Waals surface area (Å²) >= 11 is 1.46. The molecule has 7 heteroatoms. The summed E-state index contributed by atoms with van der Waals surface area (Å²) in [5.41, 5.74) is 2.95. The van der Waals surface area contributed by atoms with Crippen molar-refractivity contribution in [2.45, 2.75) is 26.3 Å². The summed E-state index contributed by atoms with van der Waals surface area (Å²) in [5, 5.41) is 3.93. The van der Waals surface area contributed by atoms with E-state index in [1.54, 1.807) is 12.4 Å². The summed E-state index contributed by atoms with van der Waals surface area (Å²) in [4.78, 5) is 21.8. The second-order valence-electron chi connectivity index (χ2n) is 6.25. The number of benzene rings is 1. The van der Waals surface area contributed by atoms with Crippen LogP contribution in [0.25, 0.3) is 0 Å². The maximum Gasteiger partial charge on any atom is 0.263 e. The molecule has 1 N–H and O–H groups in total. The van der Waals surface area contributed by atoms with Gasteiger partial charge in [-0.1, -0.05) is 6.07 Å². The van der Waals surface area contributed by atoms with Crippen molar-refractivity contribution >= 4 is 17.2 Å². The summed E-state index contributed by atoms with van der Waals surface area (Å²) in [6.45, 7) is 2.55. The van der Waals surface area contributed by atoms with Gasteiger partial charge in [-0.2, -0.15) is 0 Å². The highest BCUT2D eigenvalue weighted by molar-refractivity contribution is 7.13. The number of thiazole rings is 1. The van der Waals surface area contributed by atoms with E-state index in [0.717, 1.165) is 34.9 Å². The van der Waals surface area contributed by atoms with Crippen molar-refractivity contribution in [2.75, 3.05) is 6.79 Å². The van der Waals surface area contributed by atoms with Crippen LogP contribution in [0.3, 0.4) is 0 Å². The number of amides is 1. The van der Waals surface area contributed by atoms with E-state index in [-0.39, 0.29) is 12.7 Å². The van der Waals surface area contributed by atoms with Crippen LogP contribution in [-0.2, 0) is 19.4 Å². The number of hydrogen-bond donors (Lipinski definition) is 1. The molecule has 1 aliphatic rings. The number of nitrogens with zero attached hydrogens (tertiary/aromatic N) is 2. The van der Waals surface area contributed by atoms with Crippen molar-refractivity contribution in [1.82, 2.24) is 15.3 Å². The van der Waals surface area contributed by atoms with E-state index in [1.165, 1.54) is 16.9 Å². The van der Waals surface area contributed by atoms with Gasteiger partial charge < -0.3 is 14.8 Å². The molecule has 4 rings (SSSR count). The van der Waals surface area contributed by atoms with E-state index in [4.69, 9.17) is 9.47 Å². The number of aryl methyl sites for hydroxylation is 3. The quantitative estimate of drug-likeness (QED) is 0.709. The topological polar surface area (TPSA) is 73.3 Å². The minimum absolute atomic E-state index is 0.0992. The first-order valence-corrected chi connectivity index (χ1v) is 9.52. The van der Waals surface area contributed by atoms with Crippen LogP contribution < -0.4 is 14.8 Å². The van der Waals surface area contributed by atoms with E-state index in [2.05, 4.69) is 15.3 Å². The number of nitrogens with one attached hydrogen (secondary N) is 1. The van der Waals surface area contributed by atoms with E-state index >= 15 is 0 Å². The predicted molar refractivity (Wildman–Crippen MR) is 102 cm³/mol. The van der Waals surface area contributed by atoms with Gasteiger partial charge in [-0.05, 0) is 48.7 Å². The zero-order valence-electron chi connectivity index (χ0n) is 14.9. The molecule has 2 aromatic heterocycles.